The Morgan fingerprint density at radius 3 is 2.52 bits per heavy atom. The summed E-state index contributed by atoms with van der Waals surface area (Å²) in [7, 11) is 0. The third-order valence-corrected chi connectivity index (χ3v) is 6.24. The zero-order valence-electron chi connectivity index (χ0n) is 18.3. The highest BCUT2D eigenvalue weighted by Crippen LogP contribution is 2.45. The van der Waals surface area contributed by atoms with E-state index in [-0.39, 0.29) is 28.9 Å². The predicted octanol–water partition coefficient (Wildman–Crippen LogP) is 4.65. The molecule has 0 spiro atoms. The Kier molecular flexibility index (Phi) is 4.93. The summed E-state index contributed by atoms with van der Waals surface area (Å²) in [5.41, 5.74) is 3.13. The zero-order valence-corrected chi connectivity index (χ0v) is 18.3. The number of hydrogen-bond acceptors (Lipinski definition) is 5. The number of aromatic hydroxyl groups is 1. The van der Waals surface area contributed by atoms with Crippen molar-refractivity contribution in [3.63, 3.8) is 0 Å². The van der Waals surface area contributed by atoms with Crippen LogP contribution in [0.2, 0.25) is 0 Å². The summed E-state index contributed by atoms with van der Waals surface area (Å²) >= 11 is 0. The Balaban J connectivity index is 1.73. The molecule has 3 aromatic rings. The van der Waals surface area contributed by atoms with Gasteiger partial charge in [0.15, 0.2) is 0 Å². The summed E-state index contributed by atoms with van der Waals surface area (Å²) in [4.78, 5) is 27.8. The third kappa shape index (κ3) is 3.35. The summed E-state index contributed by atoms with van der Waals surface area (Å²) in [5, 5.41) is 21.8. The average molecular weight is 441 g/mol. The van der Waals surface area contributed by atoms with Crippen molar-refractivity contribution >= 4 is 23.1 Å². The molecule has 2 aliphatic rings. The number of phenolic OH excluding ortho intramolecular Hbond substituents is 1. The van der Waals surface area contributed by atoms with Crippen LogP contribution in [0.4, 0.5) is 5.69 Å². The maximum atomic E-state index is 13.3. The quantitative estimate of drug-likeness (QED) is 0.351. The number of aryl methyl sites for hydroxylation is 1. The topological polar surface area (TPSA) is 87.1 Å². The molecule has 0 saturated carbocycles. The van der Waals surface area contributed by atoms with Crippen molar-refractivity contribution in [3.05, 3.63) is 94.6 Å². The highest BCUT2D eigenvalue weighted by atomic mass is 16.5. The van der Waals surface area contributed by atoms with Crippen LogP contribution in [0.5, 0.6) is 11.5 Å². The molecule has 166 valence electrons. The predicted molar refractivity (Wildman–Crippen MR) is 124 cm³/mol. The third-order valence-electron chi connectivity index (χ3n) is 6.24. The number of rotatable bonds is 3. The van der Waals surface area contributed by atoms with E-state index in [1.165, 1.54) is 11.0 Å². The van der Waals surface area contributed by atoms with Crippen molar-refractivity contribution in [2.75, 3.05) is 4.90 Å². The van der Waals surface area contributed by atoms with Crippen LogP contribution in [0.25, 0.3) is 5.76 Å². The lowest BCUT2D eigenvalue weighted by molar-refractivity contribution is -0.132. The fourth-order valence-corrected chi connectivity index (χ4v) is 4.66. The zero-order chi connectivity index (χ0) is 23.3. The lowest BCUT2D eigenvalue weighted by Gasteiger charge is -2.27. The van der Waals surface area contributed by atoms with Crippen LogP contribution in [-0.2, 0) is 16.0 Å². The number of carbonyl (C=O) groups is 2. The number of aliphatic hydroxyl groups excluding tert-OH is 1. The number of ketones is 1. The molecule has 2 atom stereocenters. The number of hydrogen-bond donors (Lipinski definition) is 2. The van der Waals surface area contributed by atoms with Crippen LogP contribution in [0.1, 0.15) is 35.2 Å². The van der Waals surface area contributed by atoms with E-state index in [9.17, 15) is 19.8 Å². The molecule has 0 aliphatic carbocycles. The number of benzene rings is 3. The van der Waals surface area contributed by atoms with Crippen LogP contribution in [0.3, 0.4) is 0 Å². The molecule has 1 saturated heterocycles. The van der Waals surface area contributed by atoms with E-state index in [0.29, 0.717) is 17.5 Å². The molecule has 33 heavy (non-hydrogen) atoms. The summed E-state index contributed by atoms with van der Waals surface area (Å²) in [6.07, 6.45) is 0.736. The largest absolute Gasteiger partial charge is 0.507 e. The van der Waals surface area contributed by atoms with Gasteiger partial charge in [-0.1, -0.05) is 36.4 Å². The van der Waals surface area contributed by atoms with Crippen LogP contribution >= 0.6 is 0 Å². The summed E-state index contributed by atoms with van der Waals surface area (Å²) in [6, 6.07) is 18.2. The van der Waals surface area contributed by atoms with Gasteiger partial charge in [-0.25, -0.2) is 0 Å². The number of nitrogens with zero attached hydrogens (tertiary/aromatic N) is 1. The maximum absolute atomic E-state index is 13.3. The van der Waals surface area contributed by atoms with Gasteiger partial charge in [-0.2, -0.15) is 0 Å². The van der Waals surface area contributed by atoms with Crippen molar-refractivity contribution in [2.45, 2.75) is 32.4 Å². The second-order valence-corrected chi connectivity index (χ2v) is 8.47. The number of phenols is 1. The summed E-state index contributed by atoms with van der Waals surface area (Å²) in [5.74, 6) is -1.22. The van der Waals surface area contributed by atoms with Gasteiger partial charge in [-0.3, -0.25) is 14.5 Å². The van der Waals surface area contributed by atoms with Crippen LogP contribution < -0.4 is 9.64 Å². The van der Waals surface area contributed by atoms with Crippen molar-refractivity contribution < 1.29 is 24.5 Å². The number of amides is 1. The second-order valence-electron chi connectivity index (χ2n) is 8.47. The van der Waals surface area contributed by atoms with Crippen LogP contribution in [-0.4, -0.2) is 28.0 Å². The standard InChI is InChI=1S/C27H23NO5/c1-15-7-3-4-8-19(15)24-23(25(30)17-11-12-22-18(14-17)13-16(2)33-22)26(31)27(32)28(24)20-9-5-6-10-21(20)29/h3-12,14,16,24,29-30H,13H2,1-2H3/b25-23+. The molecule has 2 unspecified atom stereocenters. The molecule has 3 aromatic carbocycles. The lowest BCUT2D eigenvalue weighted by atomic mass is 9.92. The smallest absolute Gasteiger partial charge is 0.300 e. The van der Waals surface area contributed by atoms with Gasteiger partial charge >= 0.3 is 0 Å². The Hall–Kier alpha value is -4.06. The fraction of sp³-hybridized carbons (Fsp3) is 0.185. The minimum absolute atomic E-state index is 0.00975. The number of anilines is 1. The molecule has 0 bridgehead atoms. The van der Waals surface area contributed by atoms with E-state index in [0.717, 1.165) is 16.9 Å². The lowest BCUT2D eigenvalue weighted by Crippen LogP contribution is -2.29. The Labute approximate surface area is 191 Å². The normalized spacial score (nSPS) is 21.2. The van der Waals surface area contributed by atoms with Crippen molar-refractivity contribution in [2.24, 2.45) is 0 Å². The molecule has 1 fully saturated rings. The first-order valence-electron chi connectivity index (χ1n) is 10.8. The summed E-state index contributed by atoms with van der Waals surface area (Å²) < 4.78 is 5.74. The van der Waals surface area contributed by atoms with Crippen LogP contribution in [0.15, 0.2) is 72.3 Å². The van der Waals surface area contributed by atoms with Gasteiger partial charge in [0.2, 0.25) is 0 Å². The number of para-hydroxylation sites is 2. The maximum Gasteiger partial charge on any atom is 0.300 e. The molecule has 5 rings (SSSR count). The molecule has 2 N–H and O–H groups in total. The molecule has 2 heterocycles. The number of fused-ring (bicyclic) bond motifs is 1. The van der Waals surface area contributed by atoms with Crippen LogP contribution in [0, 0.1) is 6.92 Å². The highest BCUT2D eigenvalue weighted by molar-refractivity contribution is 6.52. The SMILES string of the molecule is Cc1ccccc1C1/C(=C(\O)c2ccc3c(c2)CC(C)O3)C(=O)C(=O)N1c1ccccc1O. The van der Waals surface area contributed by atoms with Gasteiger partial charge < -0.3 is 14.9 Å². The minimum atomic E-state index is -0.886. The Morgan fingerprint density at radius 1 is 1.03 bits per heavy atom. The van der Waals surface area contributed by atoms with Crippen molar-refractivity contribution in [3.8, 4) is 11.5 Å². The highest BCUT2D eigenvalue weighted by Gasteiger charge is 2.48. The molecule has 0 aromatic heterocycles. The van der Waals surface area contributed by atoms with Gasteiger partial charge in [0.1, 0.15) is 23.4 Å². The first kappa shape index (κ1) is 20.8. The number of Topliss-reactive ketones (excluding diaryl/α,β-unsaturated/α-hetero) is 1. The number of ether oxygens (including phenoxy) is 1. The minimum Gasteiger partial charge on any atom is -0.507 e. The number of carbonyl (C=O) groups excluding carboxylic acids is 2. The second kappa shape index (κ2) is 7.81. The molecule has 6 heteroatoms. The van der Waals surface area contributed by atoms with Gasteiger partial charge in [0.25, 0.3) is 11.7 Å². The average Bonchev–Trinajstić information content (AvgIpc) is 3.30. The summed E-state index contributed by atoms with van der Waals surface area (Å²) in [6.45, 7) is 3.85. The first-order chi connectivity index (χ1) is 15.9. The van der Waals surface area contributed by atoms with E-state index < -0.39 is 17.7 Å². The Morgan fingerprint density at radius 2 is 1.76 bits per heavy atom. The molecule has 2 aliphatic heterocycles. The van der Waals surface area contributed by atoms with Gasteiger partial charge in [0.05, 0.1) is 17.3 Å². The Bertz CT molecular complexity index is 1330. The van der Waals surface area contributed by atoms with Crippen molar-refractivity contribution in [1.29, 1.82) is 0 Å². The van der Waals surface area contributed by atoms with E-state index in [1.54, 1.807) is 36.4 Å². The fourth-order valence-electron chi connectivity index (χ4n) is 4.66. The molecule has 0 radical (unpaired) electrons. The van der Waals surface area contributed by atoms with E-state index >= 15 is 0 Å². The van der Waals surface area contributed by atoms with E-state index in [2.05, 4.69) is 0 Å². The first-order valence-corrected chi connectivity index (χ1v) is 10.8. The molecule has 6 nitrogen and oxygen atoms in total. The molecular weight excluding hydrogens is 418 g/mol. The van der Waals surface area contributed by atoms with Gasteiger partial charge in [0, 0.05) is 12.0 Å². The van der Waals surface area contributed by atoms with E-state index in [4.69, 9.17) is 4.74 Å². The van der Waals surface area contributed by atoms with Gasteiger partial charge in [-0.05, 0) is 60.9 Å². The molecule has 1 amide bonds. The van der Waals surface area contributed by atoms with E-state index in [1.807, 2.05) is 38.1 Å². The monoisotopic (exact) mass is 441 g/mol. The van der Waals surface area contributed by atoms with Gasteiger partial charge in [-0.15, -0.1) is 0 Å². The molecular formula is C27H23NO5. The number of aliphatic hydroxyl groups is 1. The van der Waals surface area contributed by atoms with Crippen molar-refractivity contribution in [1.82, 2.24) is 0 Å².